The molecule has 0 amide bonds. The molecule has 0 aromatic heterocycles. The largest absolute Gasteiger partial charge is 0.314 e. The Morgan fingerprint density at radius 1 is 1.67 bits per heavy atom. The summed E-state index contributed by atoms with van der Waals surface area (Å²) in [6.45, 7) is 11.7. The zero-order valence-corrected chi connectivity index (χ0v) is 10.4. The lowest BCUT2D eigenvalue weighted by Gasteiger charge is -2.26. The van der Waals surface area contributed by atoms with E-state index >= 15 is 0 Å². The molecule has 0 fully saturated rings. The van der Waals surface area contributed by atoms with E-state index in [-0.39, 0.29) is 0 Å². The second-order valence-electron chi connectivity index (χ2n) is 5.13. The topological polar surface area (TPSA) is 12.0 Å². The Bertz CT molecular complexity index is 229. The van der Waals surface area contributed by atoms with Gasteiger partial charge in [-0.25, -0.2) is 0 Å². The Labute approximate surface area is 94.6 Å². The summed E-state index contributed by atoms with van der Waals surface area (Å²) in [5, 5.41) is 3.60. The number of hydrogen-bond acceptors (Lipinski definition) is 1. The van der Waals surface area contributed by atoms with E-state index in [2.05, 4.69) is 38.7 Å². The lowest BCUT2D eigenvalue weighted by atomic mass is 9.83. The predicted octanol–water partition coefficient (Wildman–Crippen LogP) is 3.53. The van der Waals surface area contributed by atoms with Crippen molar-refractivity contribution in [3.05, 3.63) is 24.3 Å². The van der Waals surface area contributed by atoms with Gasteiger partial charge in [-0.3, -0.25) is 0 Å². The quantitative estimate of drug-likeness (QED) is 0.680. The summed E-state index contributed by atoms with van der Waals surface area (Å²) in [6, 6.07) is 0.573. The Morgan fingerprint density at radius 3 is 3.00 bits per heavy atom. The maximum absolute atomic E-state index is 3.77. The van der Waals surface area contributed by atoms with E-state index in [0.29, 0.717) is 6.04 Å². The van der Waals surface area contributed by atoms with Crippen LogP contribution in [0.1, 0.15) is 40.0 Å². The fraction of sp³-hybridized carbons (Fsp3) is 0.714. The monoisotopic (exact) mass is 207 g/mol. The van der Waals surface area contributed by atoms with E-state index in [1.165, 1.54) is 12.8 Å². The summed E-state index contributed by atoms with van der Waals surface area (Å²) in [7, 11) is 0. The molecule has 0 saturated heterocycles. The Balaban J connectivity index is 2.28. The van der Waals surface area contributed by atoms with Gasteiger partial charge in [0.15, 0.2) is 0 Å². The highest BCUT2D eigenvalue weighted by Gasteiger charge is 2.17. The first-order valence-electron chi connectivity index (χ1n) is 6.13. The smallest absolute Gasteiger partial charge is 0.00732 e. The number of allylic oxidation sites excluding steroid dienone is 2. The molecule has 1 aliphatic carbocycles. The van der Waals surface area contributed by atoms with Gasteiger partial charge in [0.25, 0.3) is 0 Å². The van der Waals surface area contributed by atoms with Crippen molar-refractivity contribution < 1.29 is 0 Å². The van der Waals surface area contributed by atoms with E-state index in [1.807, 2.05) is 6.08 Å². The minimum atomic E-state index is 0.573. The highest BCUT2D eigenvalue weighted by Crippen LogP contribution is 2.27. The maximum atomic E-state index is 3.77. The molecule has 0 bridgehead atoms. The van der Waals surface area contributed by atoms with Crippen molar-refractivity contribution in [2.45, 2.75) is 46.1 Å². The van der Waals surface area contributed by atoms with Crippen LogP contribution in [0.25, 0.3) is 0 Å². The van der Waals surface area contributed by atoms with Crippen LogP contribution in [0.2, 0.25) is 0 Å². The van der Waals surface area contributed by atoms with Crippen LogP contribution in [-0.4, -0.2) is 12.6 Å². The molecule has 0 aromatic carbocycles. The van der Waals surface area contributed by atoms with Crippen molar-refractivity contribution >= 4 is 0 Å². The minimum Gasteiger partial charge on any atom is -0.314 e. The summed E-state index contributed by atoms with van der Waals surface area (Å²) in [6.07, 6.45) is 8.09. The first kappa shape index (κ1) is 12.5. The molecule has 1 nitrogen and oxygen atoms in total. The molecule has 86 valence electrons. The van der Waals surface area contributed by atoms with Crippen LogP contribution in [-0.2, 0) is 0 Å². The normalized spacial score (nSPS) is 28.3. The van der Waals surface area contributed by atoms with Gasteiger partial charge in [0.05, 0.1) is 0 Å². The Hall–Kier alpha value is -0.560. The summed E-state index contributed by atoms with van der Waals surface area (Å²) in [4.78, 5) is 0. The molecular weight excluding hydrogens is 182 g/mol. The second kappa shape index (κ2) is 6.12. The van der Waals surface area contributed by atoms with Gasteiger partial charge in [-0.1, -0.05) is 24.6 Å². The average Bonchev–Trinajstić information content (AvgIpc) is 2.14. The zero-order chi connectivity index (χ0) is 11.3. The molecule has 0 radical (unpaired) electrons. The van der Waals surface area contributed by atoms with Crippen LogP contribution >= 0.6 is 0 Å². The predicted molar refractivity (Wildman–Crippen MR) is 67.9 cm³/mol. The number of rotatable bonds is 5. The molecule has 0 heterocycles. The van der Waals surface area contributed by atoms with E-state index in [4.69, 9.17) is 0 Å². The number of hydrogen-bond donors (Lipinski definition) is 1. The third-order valence-corrected chi connectivity index (χ3v) is 3.16. The minimum absolute atomic E-state index is 0.573. The summed E-state index contributed by atoms with van der Waals surface area (Å²) in [5.74, 6) is 1.59. The molecule has 3 unspecified atom stereocenters. The standard InChI is InChI=1S/C14H25N/c1-5-6-13(4)15-10-14-8-11(2)7-12(3)9-14/h5,7,11,13-15H,1,6,8-10H2,2-4H3. The van der Waals surface area contributed by atoms with Gasteiger partial charge in [0.2, 0.25) is 0 Å². The Kier molecular flexibility index (Phi) is 5.10. The van der Waals surface area contributed by atoms with Crippen LogP contribution in [0.15, 0.2) is 24.3 Å². The fourth-order valence-corrected chi connectivity index (χ4v) is 2.54. The lowest BCUT2D eigenvalue weighted by Crippen LogP contribution is -2.32. The van der Waals surface area contributed by atoms with E-state index < -0.39 is 0 Å². The summed E-state index contributed by atoms with van der Waals surface area (Å²) in [5.41, 5.74) is 1.57. The van der Waals surface area contributed by atoms with E-state index in [9.17, 15) is 0 Å². The molecule has 3 atom stereocenters. The van der Waals surface area contributed by atoms with Gasteiger partial charge < -0.3 is 5.32 Å². The van der Waals surface area contributed by atoms with E-state index in [0.717, 1.165) is 24.8 Å². The highest BCUT2D eigenvalue weighted by atomic mass is 14.9. The molecule has 1 rings (SSSR count). The maximum Gasteiger partial charge on any atom is 0.00732 e. The van der Waals surface area contributed by atoms with Gasteiger partial charge >= 0.3 is 0 Å². The third-order valence-electron chi connectivity index (χ3n) is 3.16. The average molecular weight is 207 g/mol. The van der Waals surface area contributed by atoms with Crippen LogP contribution in [0.3, 0.4) is 0 Å². The Morgan fingerprint density at radius 2 is 2.40 bits per heavy atom. The van der Waals surface area contributed by atoms with Crippen molar-refractivity contribution in [2.24, 2.45) is 11.8 Å². The highest BCUT2D eigenvalue weighted by molar-refractivity contribution is 5.06. The molecule has 1 aliphatic rings. The number of nitrogens with one attached hydrogen (secondary N) is 1. The zero-order valence-electron chi connectivity index (χ0n) is 10.4. The van der Waals surface area contributed by atoms with Gasteiger partial charge in [0.1, 0.15) is 0 Å². The molecule has 1 heteroatoms. The molecular formula is C14H25N. The van der Waals surface area contributed by atoms with Crippen LogP contribution in [0, 0.1) is 11.8 Å². The molecule has 15 heavy (non-hydrogen) atoms. The van der Waals surface area contributed by atoms with Crippen molar-refractivity contribution in [3.8, 4) is 0 Å². The van der Waals surface area contributed by atoms with Crippen molar-refractivity contribution in [2.75, 3.05) is 6.54 Å². The SMILES string of the molecule is C=CCC(C)NCC1CC(C)=CC(C)C1. The molecule has 0 spiro atoms. The molecule has 0 aliphatic heterocycles. The van der Waals surface area contributed by atoms with Gasteiger partial charge in [-0.2, -0.15) is 0 Å². The van der Waals surface area contributed by atoms with Gasteiger partial charge in [0, 0.05) is 6.04 Å². The molecule has 0 aromatic rings. The first-order chi connectivity index (χ1) is 7.11. The van der Waals surface area contributed by atoms with Crippen LogP contribution in [0.4, 0.5) is 0 Å². The molecule has 0 saturated carbocycles. The van der Waals surface area contributed by atoms with Gasteiger partial charge in [-0.15, -0.1) is 6.58 Å². The second-order valence-corrected chi connectivity index (χ2v) is 5.13. The fourth-order valence-electron chi connectivity index (χ4n) is 2.54. The summed E-state index contributed by atoms with van der Waals surface area (Å²) < 4.78 is 0. The third kappa shape index (κ3) is 4.65. The van der Waals surface area contributed by atoms with Crippen LogP contribution < -0.4 is 5.32 Å². The van der Waals surface area contributed by atoms with Crippen molar-refractivity contribution in [3.63, 3.8) is 0 Å². The lowest BCUT2D eigenvalue weighted by molar-refractivity contribution is 0.365. The van der Waals surface area contributed by atoms with Crippen molar-refractivity contribution in [1.82, 2.24) is 5.32 Å². The molecule has 1 N–H and O–H groups in total. The van der Waals surface area contributed by atoms with Crippen molar-refractivity contribution in [1.29, 1.82) is 0 Å². The van der Waals surface area contributed by atoms with E-state index in [1.54, 1.807) is 5.57 Å². The first-order valence-corrected chi connectivity index (χ1v) is 6.13. The van der Waals surface area contributed by atoms with Crippen LogP contribution in [0.5, 0.6) is 0 Å². The van der Waals surface area contributed by atoms with Gasteiger partial charge in [-0.05, 0) is 51.5 Å². The summed E-state index contributed by atoms with van der Waals surface area (Å²) >= 11 is 0.